The van der Waals surface area contributed by atoms with Crippen LogP contribution in [0.25, 0.3) is 0 Å². The predicted molar refractivity (Wildman–Crippen MR) is 63.1 cm³/mol. The Labute approximate surface area is 103 Å². The summed E-state index contributed by atoms with van der Waals surface area (Å²) in [6.07, 6.45) is 3.41. The van der Waals surface area contributed by atoms with Crippen molar-refractivity contribution in [1.82, 2.24) is 20.3 Å². The van der Waals surface area contributed by atoms with E-state index in [1.165, 1.54) is 6.07 Å². The van der Waals surface area contributed by atoms with Crippen LogP contribution in [0.5, 0.6) is 0 Å². The third-order valence-electron chi connectivity index (χ3n) is 2.32. The first kappa shape index (κ1) is 12.0. The van der Waals surface area contributed by atoms with Gasteiger partial charge in [-0.15, -0.1) is 5.10 Å². The van der Waals surface area contributed by atoms with E-state index in [1.807, 2.05) is 0 Å². The van der Waals surface area contributed by atoms with E-state index in [1.54, 1.807) is 29.2 Å². The molecule has 4 nitrogen and oxygen atoms in total. The predicted octanol–water partition coefficient (Wildman–Crippen LogP) is 1.86. The van der Waals surface area contributed by atoms with Gasteiger partial charge in [0, 0.05) is 29.9 Å². The van der Waals surface area contributed by atoms with Gasteiger partial charge in [0.05, 0.1) is 12.7 Å². The summed E-state index contributed by atoms with van der Waals surface area (Å²) in [6.45, 7) is 1.87. The summed E-state index contributed by atoms with van der Waals surface area (Å²) in [5.41, 5.74) is 0.605. The maximum atomic E-state index is 13.4. The highest BCUT2D eigenvalue weighted by molar-refractivity contribution is 6.30. The number of nitrogens with zero attached hydrogens (tertiary/aromatic N) is 3. The molecular formula is C11H12ClFN4. The molecule has 0 atom stereocenters. The minimum absolute atomic E-state index is 0.286. The zero-order valence-corrected chi connectivity index (χ0v) is 9.86. The highest BCUT2D eigenvalue weighted by Gasteiger charge is 2.02. The Hall–Kier alpha value is -1.46. The van der Waals surface area contributed by atoms with Crippen molar-refractivity contribution in [2.75, 3.05) is 6.54 Å². The monoisotopic (exact) mass is 254 g/mol. The van der Waals surface area contributed by atoms with Gasteiger partial charge in [-0.05, 0) is 12.1 Å². The zero-order valence-electron chi connectivity index (χ0n) is 9.11. The molecule has 17 heavy (non-hydrogen) atoms. The summed E-state index contributed by atoms with van der Waals surface area (Å²) in [6, 6.07) is 4.68. The molecule has 1 heterocycles. The fourth-order valence-electron chi connectivity index (χ4n) is 1.43. The van der Waals surface area contributed by atoms with Gasteiger partial charge in [0.1, 0.15) is 5.82 Å². The fourth-order valence-corrected chi connectivity index (χ4v) is 1.59. The van der Waals surface area contributed by atoms with Crippen molar-refractivity contribution in [2.45, 2.75) is 13.1 Å². The van der Waals surface area contributed by atoms with Crippen LogP contribution in [0.15, 0.2) is 30.6 Å². The van der Waals surface area contributed by atoms with Crippen molar-refractivity contribution in [3.8, 4) is 0 Å². The Morgan fingerprint density at radius 2 is 2.29 bits per heavy atom. The lowest BCUT2D eigenvalue weighted by Gasteiger charge is -2.06. The van der Waals surface area contributed by atoms with E-state index < -0.39 is 0 Å². The Morgan fingerprint density at radius 3 is 3.00 bits per heavy atom. The molecule has 0 amide bonds. The van der Waals surface area contributed by atoms with Crippen molar-refractivity contribution in [3.63, 3.8) is 0 Å². The van der Waals surface area contributed by atoms with E-state index in [2.05, 4.69) is 15.6 Å². The molecule has 6 heteroatoms. The van der Waals surface area contributed by atoms with E-state index in [-0.39, 0.29) is 5.82 Å². The van der Waals surface area contributed by atoms with Crippen molar-refractivity contribution < 1.29 is 4.39 Å². The van der Waals surface area contributed by atoms with Gasteiger partial charge in [-0.25, -0.2) is 4.39 Å². The topological polar surface area (TPSA) is 42.7 Å². The summed E-state index contributed by atoms with van der Waals surface area (Å²) in [5, 5.41) is 11.1. The molecule has 0 spiro atoms. The van der Waals surface area contributed by atoms with Crippen molar-refractivity contribution in [3.05, 3.63) is 47.0 Å². The summed E-state index contributed by atoms with van der Waals surface area (Å²) < 4.78 is 15.1. The van der Waals surface area contributed by atoms with Crippen molar-refractivity contribution >= 4 is 11.6 Å². The van der Waals surface area contributed by atoms with Crippen LogP contribution >= 0.6 is 11.6 Å². The Kier molecular flexibility index (Phi) is 4.06. The van der Waals surface area contributed by atoms with Crippen LogP contribution in [0.3, 0.4) is 0 Å². The van der Waals surface area contributed by atoms with Crippen LogP contribution in [0.2, 0.25) is 5.02 Å². The third-order valence-corrected chi connectivity index (χ3v) is 2.56. The normalized spacial score (nSPS) is 10.7. The summed E-state index contributed by atoms with van der Waals surface area (Å²) in [4.78, 5) is 0. The van der Waals surface area contributed by atoms with E-state index in [4.69, 9.17) is 11.6 Å². The molecule has 0 aliphatic carbocycles. The van der Waals surface area contributed by atoms with Crippen molar-refractivity contribution in [1.29, 1.82) is 0 Å². The second kappa shape index (κ2) is 5.75. The average molecular weight is 255 g/mol. The van der Waals surface area contributed by atoms with Crippen LogP contribution < -0.4 is 5.32 Å². The fraction of sp³-hybridized carbons (Fsp3) is 0.273. The van der Waals surface area contributed by atoms with Gasteiger partial charge in [-0.2, -0.15) is 0 Å². The Morgan fingerprint density at radius 1 is 1.41 bits per heavy atom. The maximum absolute atomic E-state index is 13.4. The molecule has 1 aromatic heterocycles. The molecule has 90 valence electrons. The van der Waals surface area contributed by atoms with Crippen LogP contribution in [-0.4, -0.2) is 21.5 Å². The third kappa shape index (κ3) is 3.51. The summed E-state index contributed by atoms with van der Waals surface area (Å²) in [7, 11) is 0. The first-order chi connectivity index (χ1) is 8.25. The van der Waals surface area contributed by atoms with E-state index in [9.17, 15) is 4.39 Å². The molecule has 0 saturated heterocycles. The van der Waals surface area contributed by atoms with Gasteiger partial charge in [0.25, 0.3) is 0 Å². The number of hydrogen-bond acceptors (Lipinski definition) is 3. The SMILES string of the molecule is Fc1cc(Cl)ccc1CNCCn1ccnn1. The summed E-state index contributed by atoms with van der Waals surface area (Å²) >= 11 is 5.67. The van der Waals surface area contributed by atoms with Gasteiger partial charge in [0.15, 0.2) is 0 Å². The Balaban J connectivity index is 1.78. The lowest BCUT2D eigenvalue weighted by Crippen LogP contribution is -2.20. The smallest absolute Gasteiger partial charge is 0.129 e. The van der Waals surface area contributed by atoms with Gasteiger partial charge in [-0.3, -0.25) is 4.68 Å². The van der Waals surface area contributed by atoms with Crippen molar-refractivity contribution in [2.24, 2.45) is 0 Å². The molecule has 0 unspecified atom stereocenters. The molecular weight excluding hydrogens is 243 g/mol. The minimum atomic E-state index is -0.286. The first-order valence-electron chi connectivity index (χ1n) is 5.24. The highest BCUT2D eigenvalue weighted by Crippen LogP contribution is 2.14. The van der Waals surface area contributed by atoms with Gasteiger partial charge >= 0.3 is 0 Å². The molecule has 0 radical (unpaired) electrons. The molecule has 0 saturated carbocycles. The number of benzene rings is 1. The standard InChI is InChI=1S/C11H12ClFN4/c12-10-2-1-9(11(13)7-10)8-14-3-5-17-6-4-15-16-17/h1-2,4,6-7,14H,3,5,8H2. The molecule has 0 aliphatic heterocycles. The second-order valence-corrected chi connectivity index (χ2v) is 4.02. The van der Waals surface area contributed by atoms with Gasteiger partial charge in [-0.1, -0.05) is 22.9 Å². The number of aromatic nitrogens is 3. The quantitative estimate of drug-likeness (QED) is 0.829. The highest BCUT2D eigenvalue weighted by atomic mass is 35.5. The van der Waals surface area contributed by atoms with Crippen LogP contribution in [0.4, 0.5) is 4.39 Å². The minimum Gasteiger partial charge on any atom is -0.311 e. The lowest BCUT2D eigenvalue weighted by molar-refractivity contribution is 0.529. The van der Waals surface area contributed by atoms with Gasteiger partial charge in [0.2, 0.25) is 0 Å². The molecule has 2 aromatic rings. The number of nitrogens with one attached hydrogen (secondary N) is 1. The molecule has 1 aromatic carbocycles. The maximum Gasteiger partial charge on any atom is 0.129 e. The van der Waals surface area contributed by atoms with E-state index in [0.717, 1.165) is 0 Å². The van der Waals surface area contributed by atoms with Gasteiger partial charge < -0.3 is 5.32 Å². The lowest BCUT2D eigenvalue weighted by atomic mass is 10.2. The van der Waals surface area contributed by atoms with E-state index >= 15 is 0 Å². The molecule has 1 N–H and O–H groups in total. The van der Waals surface area contributed by atoms with E-state index in [0.29, 0.717) is 30.2 Å². The second-order valence-electron chi connectivity index (χ2n) is 3.58. The average Bonchev–Trinajstić information content (AvgIpc) is 2.79. The first-order valence-corrected chi connectivity index (χ1v) is 5.62. The molecule has 0 fully saturated rings. The van der Waals surface area contributed by atoms with Crippen LogP contribution in [0.1, 0.15) is 5.56 Å². The van der Waals surface area contributed by atoms with Crippen LogP contribution in [0, 0.1) is 5.82 Å². The summed E-state index contributed by atoms with van der Waals surface area (Å²) in [5.74, 6) is -0.286. The largest absolute Gasteiger partial charge is 0.311 e. The molecule has 0 bridgehead atoms. The molecule has 2 rings (SSSR count). The Bertz CT molecular complexity index is 472. The number of halogens is 2. The van der Waals surface area contributed by atoms with Crippen LogP contribution in [-0.2, 0) is 13.1 Å². The number of hydrogen-bond donors (Lipinski definition) is 1. The zero-order chi connectivity index (χ0) is 12.1. The molecule has 0 aliphatic rings. The number of rotatable bonds is 5.